The summed E-state index contributed by atoms with van der Waals surface area (Å²) in [6.45, 7) is 0. The molecule has 1 aromatic carbocycles. The summed E-state index contributed by atoms with van der Waals surface area (Å²) in [6.07, 6.45) is -0.959. The van der Waals surface area contributed by atoms with Gasteiger partial charge in [0.1, 0.15) is 0 Å². The molecule has 1 heterocycles. The number of benzene rings is 1. The fourth-order valence-corrected chi connectivity index (χ4v) is 2.23. The van der Waals surface area contributed by atoms with Crippen LogP contribution in [0.15, 0.2) is 18.2 Å². The van der Waals surface area contributed by atoms with Crippen LogP contribution >= 0.6 is 0 Å². The van der Waals surface area contributed by atoms with E-state index < -0.39 is 29.9 Å². The normalized spacial score (nSPS) is 16.0. The minimum Gasteiger partial charge on any atom is -0.468 e. The molecule has 1 aliphatic heterocycles. The molecule has 0 aliphatic carbocycles. The SMILES string of the molecule is COC(=O)c1ccc2c(c1)N(C(=O)OC)C(=O)C2C(=O)OC. The highest BCUT2D eigenvalue weighted by Gasteiger charge is 2.46. The molecule has 22 heavy (non-hydrogen) atoms. The molecule has 116 valence electrons. The van der Waals surface area contributed by atoms with E-state index in [0.717, 1.165) is 14.2 Å². The zero-order valence-electron chi connectivity index (χ0n) is 12.1. The van der Waals surface area contributed by atoms with Gasteiger partial charge in [0.15, 0.2) is 5.92 Å². The van der Waals surface area contributed by atoms with Crippen LogP contribution in [0.1, 0.15) is 21.8 Å². The van der Waals surface area contributed by atoms with Crippen molar-refractivity contribution in [3.05, 3.63) is 29.3 Å². The molecule has 0 N–H and O–H groups in total. The van der Waals surface area contributed by atoms with E-state index >= 15 is 0 Å². The second-order valence-electron chi connectivity index (χ2n) is 4.37. The van der Waals surface area contributed by atoms with E-state index in [2.05, 4.69) is 14.2 Å². The van der Waals surface area contributed by atoms with Crippen molar-refractivity contribution < 1.29 is 33.4 Å². The van der Waals surface area contributed by atoms with Gasteiger partial charge in [0, 0.05) is 5.56 Å². The third kappa shape index (κ3) is 2.28. The highest BCUT2D eigenvalue weighted by molar-refractivity contribution is 6.25. The Morgan fingerprint density at radius 3 is 2.27 bits per heavy atom. The molecule has 0 radical (unpaired) electrons. The van der Waals surface area contributed by atoms with Crippen molar-refractivity contribution in [3.8, 4) is 0 Å². The molecule has 0 saturated carbocycles. The fraction of sp³-hybridized carbons (Fsp3) is 0.286. The molecular formula is C14H13NO7. The van der Waals surface area contributed by atoms with Gasteiger partial charge in [-0.25, -0.2) is 14.5 Å². The van der Waals surface area contributed by atoms with Crippen LogP contribution in [0.3, 0.4) is 0 Å². The van der Waals surface area contributed by atoms with Crippen LogP contribution in [-0.4, -0.2) is 45.3 Å². The van der Waals surface area contributed by atoms with Crippen molar-refractivity contribution in [1.82, 2.24) is 0 Å². The van der Waals surface area contributed by atoms with Crippen molar-refractivity contribution in [1.29, 1.82) is 0 Å². The summed E-state index contributed by atoms with van der Waals surface area (Å²) in [4.78, 5) is 48.2. The standard InChI is InChI=1S/C14H13NO7/c1-20-12(17)7-4-5-8-9(6-7)15(14(19)22-3)11(16)10(8)13(18)21-2/h4-6,10H,1-3H3. The smallest absolute Gasteiger partial charge is 0.420 e. The zero-order valence-corrected chi connectivity index (χ0v) is 12.1. The Labute approximate surface area is 125 Å². The number of nitrogens with zero attached hydrogens (tertiary/aromatic N) is 1. The highest BCUT2D eigenvalue weighted by Crippen LogP contribution is 2.39. The van der Waals surface area contributed by atoms with Gasteiger partial charge in [0.05, 0.1) is 32.6 Å². The van der Waals surface area contributed by atoms with Gasteiger partial charge in [0.2, 0.25) is 0 Å². The number of methoxy groups -OCH3 is 3. The molecule has 0 bridgehead atoms. The zero-order chi connectivity index (χ0) is 16.4. The van der Waals surface area contributed by atoms with Gasteiger partial charge in [-0.2, -0.15) is 0 Å². The third-order valence-corrected chi connectivity index (χ3v) is 3.26. The second-order valence-corrected chi connectivity index (χ2v) is 4.37. The number of anilines is 1. The van der Waals surface area contributed by atoms with Gasteiger partial charge in [-0.1, -0.05) is 6.07 Å². The molecule has 1 unspecified atom stereocenters. The number of carbonyl (C=O) groups is 4. The lowest BCUT2D eigenvalue weighted by molar-refractivity contribution is -0.145. The van der Waals surface area contributed by atoms with Gasteiger partial charge < -0.3 is 14.2 Å². The van der Waals surface area contributed by atoms with Gasteiger partial charge in [-0.3, -0.25) is 9.59 Å². The molecule has 2 rings (SSSR count). The molecule has 2 amide bonds. The number of ether oxygens (including phenoxy) is 3. The van der Waals surface area contributed by atoms with Crippen LogP contribution in [-0.2, 0) is 23.8 Å². The highest BCUT2D eigenvalue weighted by atomic mass is 16.5. The molecule has 0 saturated heterocycles. The van der Waals surface area contributed by atoms with E-state index in [0.29, 0.717) is 4.90 Å². The fourth-order valence-electron chi connectivity index (χ4n) is 2.23. The van der Waals surface area contributed by atoms with E-state index in [4.69, 9.17) is 0 Å². The lowest BCUT2D eigenvalue weighted by Gasteiger charge is -2.14. The number of fused-ring (bicyclic) bond motifs is 1. The van der Waals surface area contributed by atoms with Crippen molar-refractivity contribution >= 4 is 29.6 Å². The number of hydrogen-bond acceptors (Lipinski definition) is 7. The van der Waals surface area contributed by atoms with Crippen LogP contribution < -0.4 is 4.90 Å². The molecule has 1 aromatic rings. The van der Waals surface area contributed by atoms with Gasteiger partial charge in [0.25, 0.3) is 5.91 Å². The van der Waals surface area contributed by atoms with E-state index in [-0.39, 0.29) is 16.8 Å². The Bertz CT molecular complexity index is 667. The number of rotatable bonds is 2. The molecular weight excluding hydrogens is 294 g/mol. The summed E-state index contributed by atoms with van der Waals surface area (Å²) in [5, 5.41) is 0. The second kappa shape index (κ2) is 5.84. The first-order valence-corrected chi connectivity index (χ1v) is 6.18. The average molecular weight is 307 g/mol. The number of hydrogen-bond donors (Lipinski definition) is 0. The first-order valence-electron chi connectivity index (χ1n) is 6.18. The van der Waals surface area contributed by atoms with Crippen molar-refractivity contribution in [2.75, 3.05) is 26.2 Å². The average Bonchev–Trinajstić information content (AvgIpc) is 2.83. The molecule has 8 nitrogen and oxygen atoms in total. The Balaban J connectivity index is 2.60. The maximum atomic E-state index is 12.3. The summed E-state index contributed by atoms with van der Waals surface area (Å²) in [6, 6.07) is 4.09. The summed E-state index contributed by atoms with van der Waals surface area (Å²) in [5.41, 5.74) is 0.485. The van der Waals surface area contributed by atoms with Gasteiger partial charge in [-0.05, 0) is 12.1 Å². The predicted molar refractivity (Wildman–Crippen MR) is 72.4 cm³/mol. The van der Waals surface area contributed by atoms with Crippen LogP contribution in [0.4, 0.5) is 10.5 Å². The lowest BCUT2D eigenvalue weighted by atomic mass is 9.99. The summed E-state index contributed by atoms with van der Waals surface area (Å²) in [7, 11) is 3.44. The number of imide groups is 1. The summed E-state index contributed by atoms with van der Waals surface area (Å²) >= 11 is 0. The van der Waals surface area contributed by atoms with Crippen LogP contribution in [0.5, 0.6) is 0 Å². The quantitative estimate of drug-likeness (QED) is 0.453. The Hall–Kier alpha value is -2.90. The minimum absolute atomic E-state index is 0.0927. The van der Waals surface area contributed by atoms with E-state index in [9.17, 15) is 19.2 Å². The van der Waals surface area contributed by atoms with Gasteiger partial charge in [-0.15, -0.1) is 0 Å². The predicted octanol–water partition coefficient (Wildman–Crippen LogP) is 0.843. The molecule has 8 heteroatoms. The van der Waals surface area contributed by atoms with Crippen molar-refractivity contribution in [3.63, 3.8) is 0 Å². The minimum atomic E-state index is -1.27. The first-order chi connectivity index (χ1) is 10.5. The number of carbonyl (C=O) groups excluding carboxylic acids is 4. The Morgan fingerprint density at radius 1 is 1.05 bits per heavy atom. The van der Waals surface area contributed by atoms with E-state index in [1.165, 1.54) is 25.3 Å². The first kappa shape index (κ1) is 15.5. The largest absolute Gasteiger partial charge is 0.468 e. The lowest BCUT2D eigenvalue weighted by Crippen LogP contribution is -2.37. The van der Waals surface area contributed by atoms with Crippen LogP contribution in [0.2, 0.25) is 0 Å². The van der Waals surface area contributed by atoms with Crippen LogP contribution in [0, 0.1) is 0 Å². The Kier molecular flexibility index (Phi) is 4.11. The molecule has 0 spiro atoms. The summed E-state index contributed by atoms with van der Waals surface area (Å²) < 4.78 is 13.7. The monoisotopic (exact) mass is 307 g/mol. The van der Waals surface area contributed by atoms with Crippen LogP contribution in [0.25, 0.3) is 0 Å². The Morgan fingerprint density at radius 2 is 1.73 bits per heavy atom. The van der Waals surface area contributed by atoms with Crippen molar-refractivity contribution in [2.45, 2.75) is 5.92 Å². The number of esters is 2. The third-order valence-electron chi connectivity index (χ3n) is 3.26. The number of amides is 2. The maximum Gasteiger partial charge on any atom is 0.420 e. The molecule has 0 aromatic heterocycles. The molecule has 0 fully saturated rings. The van der Waals surface area contributed by atoms with Gasteiger partial charge >= 0.3 is 18.0 Å². The molecule has 1 aliphatic rings. The van der Waals surface area contributed by atoms with Crippen molar-refractivity contribution in [2.24, 2.45) is 0 Å². The topological polar surface area (TPSA) is 99.2 Å². The van der Waals surface area contributed by atoms with E-state index in [1.54, 1.807) is 0 Å². The van der Waals surface area contributed by atoms with E-state index in [1.807, 2.05) is 0 Å². The maximum absolute atomic E-state index is 12.3. The molecule has 1 atom stereocenters. The summed E-state index contributed by atoms with van der Waals surface area (Å²) in [5.74, 6) is -3.51.